The zero-order valence-corrected chi connectivity index (χ0v) is 11.7. The molecule has 1 heterocycles. The van der Waals surface area contributed by atoms with Gasteiger partial charge in [0, 0.05) is 6.54 Å². The second-order valence-electron chi connectivity index (χ2n) is 6.47. The highest BCUT2D eigenvalue weighted by Gasteiger charge is 2.22. The smallest absolute Gasteiger partial charge is 0.240 e. The van der Waals surface area contributed by atoms with Crippen molar-refractivity contribution in [2.24, 2.45) is 11.1 Å². The van der Waals surface area contributed by atoms with Crippen LogP contribution in [0.5, 0.6) is 0 Å². The lowest BCUT2D eigenvalue weighted by atomic mass is 9.96. The molecule has 0 saturated heterocycles. The van der Waals surface area contributed by atoms with Gasteiger partial charge in [0.15, 0.2) is 5.82 Å². The molecule has 0 aliphatic carbocycles. The van der Waals surface area contributed by atoms with Crippen LogP contribution >= 0.6 is 0 Å². The van der Waals surface area contributed by atoms with Crippen LogP contribution in [0.2, 0.25) is 0 Å². The SMILES string of the molecule is CN(Cc1nc(C(C)(C)N)no1)CC(C)(C)C. The van der Waals surface area contributed by atoms with Gasteiger partial charge in [0.05, 0.1) is 12.1 Å². The van der Waals surface area contributed by atoms with Crippen LogP contribution in [0.15, 0.2) is 4.52 Å². The van der Waals surface area contributed by atoms with Crippen molar-refractivity contribution in [2.75, 3.05) is 13.6 Å². The lowest BCUT2D eigenvalue weighted by Gasteiger charge is -2.25. The van der Waals surface area contributed by atoms with Crippen LogP contribution in [0.1, 0.15) is 46.3 Å². The number of hydrogen-bond donors (Lipinski definition) is 1. The molecule has 0 fully saturated rings. The summed E-state index contributed by atoms with van der Waals surface area (Å²) in [6.07, 6.45) is 0. The van der Waals surface area contributed by atoms with Crippen molar-refractivity contribution in [3.8, 4) is 0 Å². The fourth-order valence-electron chi connectivity index (χ4n) is 1.68. The number of nitrogens with two attached hydrogens (primary N) is 1. The van der Waals surface area contributed by atoms with Crippen LogP contribution in [0.3, 0.4) is 0 Å². The van der Waals surface area contributed by atoms with Crippen molar-refractivity contribution in [3.05, 3.63) is 11.7 Å². The third-order valence-corrected chi connectivity index (χ3v) is 2.19. The Morgan fingerprint density at radius 1 is 1.24 bits per heavy atom. The Hall–Kier alpha value is -0.940. The molecule has 0 radical (unpaired) electrons. The molecule has 5 heteroatoms. The zero-order valence-electron chi connectivity index (χ0n) is 11.7. The molecule has 1 aromatic rings. The van der Waals surface area contributed by atoms with Crippen molar-refractivity contribution in [3.63, 3.8) is 0 Å². The molecule has 1 aromatic heterocycles. The highest BCUT2D eigenvalue weighted by atomic mass is 16.5. The molecular weight excluding hydrogens is 216 g/mol. The summed E-state index contributed by atoms with van der Waals surface area (Å²) in [6, 6.07) is 0. The molecule has 0 amide bonds. The molecule has 17 heavy (non-hydrogen) atoms. The Bertz CT molecular complexity index is 359. The van der Waals surface area contributed by atoms with E-state index in [9.17, 15) is 0 Å². The standard InChI is InChI=1S/C12H24N4O/c1-11(2,3)8-16(6)7-9-14-10(15-17-9)12(4,5)13/h7-8,13H2,1-6H3. The molecule has 0 bridgehead atoms. The van der Waals surface area contributed by atoms with E-state index >= 15 is 0 Å². The Morgan fingerprint density at radius 2 is 1.82 bits per heavy atom. The molecular formula is C12H24N4O. The molecule has 2 N–H and O–H groups in total. The molecule has 0 saturated carbocycles. The summed E-state index contributed by atoms with van der Waals surface area (Å²) in [7, 11) is 2.04. The monoisotopic (exact) mass is 240 g/mol. The summed E-state index contributed by atoms with van der Waals surface area (Å²) in [5.74, 6) is 1.17. The second-order valence-corrected chi connectivity index (χ2v) is 6.47. The first kappa shape index (κ1) is 14.1. The summed E-state index contributed by atoms with van der Waals surface area (Å²) in [4.78, 5) is 6.47. The summed E-state index contributed by atoms with van der Waals surface area (Å²) >= 11 is 0. The van der Waals surface area contributed by atoms with Gasteiger partial charge in [-0.25, -0.2) is 0 Å². The summed E-state index contributed by atoms with van der Waals surface area (Å²) in [6.45, 7) is 11.9. The quantitative estimate of drug-likeness (QED) is 0.868. The van der Waals surface area contributed by atoms with Crippen molar-refractivity contribution >= 4 is 0 Å². The lowest BCUT2D eigenvalue weighted by molar-refractivity contribution is 0.197. The maximum absolute atomic E-state index is 5.90. The van der Waals surface area contributed by atoms with Crippen molar-refractivity contribution < 1.29 is 4.52 Å². The van der Waals surface area contributed by atoms with Crippen LogP contribution in [-0.4, -0.2) is 28.6 Å². The Balaban J connectivity index is 2.61. The minimum absolute atomic E-state index is 0.255. The van der Waals surface area contributed by atoms with E-state index in [1.54, 1.807) is 0 Å². The van der Waals surface area contributed by atoms with Crippen LogP contribution in [0, 0.1) is 5.41 Å². The summed E-state index contributed by atoms with van der Waals surface area (Å²) in [5.41, 5.74) is 5.61. The highest BCUT2D eigenvalue weighted by Crippen LogP contribution is 2.17. The maximum Gasteiger partial charge on any atom is 0.240 e. The van der Waals surface area contributed by atoms with E-state index in [4.69, 9.17) is 10.3 Å². The van der Waals surface area contributed by atoms with Crippen LogP contribution in [0.25, 0.3) is 0 Å². The third kappa shape index (κ3) is 4.83. The van der Waals surface area contributed by atoms with E-state index < -0.39 is 5.54 Å². The summed E-state index contributed by atoms with van der Waals surface area (Å²) < 4.78 is 5.19. The van der Waals surface area contributed by atoms with E-state index in [0.29, 0.717) is 18.3 Å². The van der Waals surface area contributed by atoms with Gasteiger partial charge in [-0.05, 0) is 26.3 Å². The van der Waals surface area contributed by atoms with E-state index in [1.807, 2.05) is 20.9 Å². The predicted molar refractivity (Wildman–Crippen MR) is 67.3 cm³/mol. The first-order valence-electron chi connectivity index (χ1n) is 5.88. The van der Waals surface area contributed by atoms with E-state index in [2.05, 4.69) is 35.8 Å². The molecule has 0 spiro atoms. The molecule has 0 aromatic carbocycles. The Labute approximate surface area is 103 Å². The van der Waals surface area contributed by atoms with Gasteiger partial charge in [-0.15, -0.1) is 0 Å². The van der Waals surface area contributed by atoms with Crippen molar-refractivity contribution in [2.45, 2.75) is 46.7 Å². The molecule has 0 atom stereocenters. The lowest BCUT2D eigenvalue weighted by Crippen LogP contribution is -2.31. The van der Waals surface area contributed by atoms with Gasteiger partial charge in [-0.3, -0.25) is 4.90 Å². The Morgan fingerprint density at radius 3 is 2.24 bits per heavy atom. The van der Waals surface area contributed by atoms with Crippen molar-refractivity contribution in [1.29, 1.82) is 0 Å². The molecule has 98 valence electrons. The predicted octanol–water partition coefficient (Wildman–Crippen LogP) is 1.74. The van der Waals surface area contributed by atoms with Crippen LogP contribution in [-0.2, 0) is 12.1 Å². The molecule has 0 unspecified atom stereocenters. The minimum Gasteiger partial charge on any atom is -0.338 e. The fraction of sp³-hybridized carbons (Fsp3) is 0.833. The molecule has 0 aliphatic rings. The number of rotatable bonds is 4. The van der Waals surface area contributed by atoms with Gasteiger partial charge in [-0.1, -0.05) is 25.9 Å². The fourth-order valence-corrected chi connectivity index (χ4v) is 1.68. The van der Waals surface area contributed by atoms with Gasteiger partial charge in [-0.2, -0.15) is 4.98 Å². The first-order chi connectivity index (χ1) is 7.58. The third-order valence-electron chi connectivity index (χ3n) is 2.19. The van der Waals surface area contributed by atoms with E-state index in [-0.39, 0.29) is 5.41 Å². The first-order valence-corrected chi connectivity index (χ1v) is 5.88. The van der Waals surface area contributed by atoms with E-state index in [1.165, 1.54) is 0 Å². The van der Waals surface area contributed by atoms with Crippen LogP contribution < -0.4 is 5.73 Å². The van der Waals surface area contributed by atoms with Gasteiger partial charge in [0.2, 0.25) is 5.89 Å². The average Bonchev–Trinajstić information content (AvgIpc) is 2.47. The van der Waals surface area contributed by atoms with Crippen LogP contribution in [0.4, 0.5) is 0 Å². The van der Waals surface area contributed by atoms with Gasteiger partial charge >= 0.3 is 0 Å². The van der Waals surface area contributed by atoms with E-state index in [0.717, 1.165) is 6.54 Å². The largest absolute Gasteiger partial charge is 0.338 e. The van der Waals surface area contributed by atoms with Crippen molar-refractivity contribution in [1.82, 2.24) is 15.0 Å². The van der Waals surface area contributed by atoms with Gasteiger partial charge < -0.3 is 10.3 Å². The molecule has 0 aliphatic heterocycles. The number of nitrogens with zero attached hydrogens (tertiary/aromatic N) is 3. The van der Waals surface area contributed by atoms with Gasteiger partial charge in [0.1, 0.15) is 0 Å². The second kappa shape index (κ2) is 4.74. The summed E-state index contributed by atoms with van der Waals surface area (Å²) in [5, 5.41) is 3.90. The zero-order chi connectivity index (χ0) is 13.3. The minimum atomic E-state index is -0.551. The highest BCUT2D eigenvalue weighted by molar-refractivity contribution is 4.98. The average molecular weight is 240 g/mol. The molecule has 5 nitrogen and oxygen atoms in total. The Kier molecular flexibility index (Phi) is 3.94. The molecule has 1 rings (SSSR count). The normalized spacial score (nSPS) is 13.4. The number of hydrogen-bond acceptors (Lipinski definition) is 5. The maximum atomic E-state index is 5.90. The number of aromatic nitrogens is 2. The topological polar surface area (TPSA) is 68.2 Å². The van der Waals surface area contributed by atoms with Gasteiger partial charge in [0.25, 0.3) is 0 Å².